The molecule has 7 nitrogen and oxygen atoms in total. The Morgan fingerprint density at radius 3 is 2.65 bits per heavy atom. The number of hydrogen-bond donors (Lipinski definition) is 3. The van der Waals surface area contributed by atoms with E-state index in [0.717, 1.165) is 17.3 Å². The molecule has 184 valence electrons. The van der Waals surface area contributed by atoms with Gasteiger partial charge < -0.3 is 25.4 Å². The Labute approximate surface area is 204 Å². The van der Waals surface area contributed by atoms with Crippen LogP contribution in [0.1, 0.15) is 45.1 Å². The highest BCUT2D eigenvalue weighted by Gasteiger charge is 2.45. The molecule has 34 heavy (non-hydrogen) atoms. The van der Waals surface area contributed by atoms with Crippen LogP contribution >= 0.6 is 11.6 Å². The summed E-state index contributed by atoms with van der Waals surface area (Å²) in [7, 11) is 0. The van der Waals surface area contributed by atoms with Crippen LogP contribution in [0.5, 0.6) is 0 Å². The number of nitrogens with one attached hydrogen (secondary N) is 2. The van der Waals surface area contributed by atoms with Crippen LogP contribution in [0.25, 0.3) is 0 Å². The Kier molecular flexibility index (Phi) is 8.38. The monoisotopic (exact) mass is 491 g/mol. The Morgan fingerprint density at radius 1 is 1.26 bits per heavy atom. The van der Waals surface area contributed by atoms with Gasteiger partial charge in [-0.3, -0.25) is 4.79 Å². The second-order valence-electron chi connectivity index (χ2n) is 8.75. The lowest BCUT2D eigenvalue weighted by atomic mass is 9.88. The molecule has 1 aliphatic rings. The zero-order chi connectivity index (χ0) is 24.9. The van der Waals surface area contributed by atoms with Crippen LogP contribution in [0.4, 0.5) is 20.6 Å². The summed E-state index contributed by atoms with van der Waals surface area (Å²) < 4.78 is 20.1. The number of carbonyl (C=O) groups excluding carboxylic acids is 1. The maximum absolute atomic E-state index is 14.3. The number of carboxylic acids is 1. The second-order valence-corrected chi connectivity index (χ2v) is 9.18. The minimum Gasteiger partial charge on any atom is -0.481 e. The molecule has 2 aromatic rings. The Morgan fingerprint density at radius 2 is 2.00 bits per heavy atom. The van der Waals surface area contributed by atoms with E-state index in [-0.39, 0.29) is 35.6 Å². The number of carbonyl (C=O) groups is 2. The van der Waals surface area contributed by atoms with E-state index in [1.165, 1.54) is 12.1 Å². The van der Waals surface area contributed by atoms with Gasteiger partial charge in [-0.15, -0.1) is 0 Å². The van der Waals surface area contributed by atoms with Crippen LogP contribution in [0.3, 0.4) is 0 Å². The number of para-hydroxylation sites is 1. The summed E-state index contributed by atoms with van der Waals surface area (Å²) in [6.07, 6.45) is 0.669. The maximum Gasteiger partial charge on any atom is 0.321 e. The van der Waals surface area contributed by atoms with Crippen LogP contribution in [0.15, 0.2) is 42.5 Å². The number of amides is 2. The smallest absolute Gasteiger partial charge is 0.321 e. The van der Waals surface area contributed by atoms with Crippen LogP contribution < -0.4 is 15.5 Å². The van der Waals surface area contributed by atoms with Crippen molar-refractivity contribution in [3.8, 4) is 0 Å². The number of hydrogen-bond acceptors (Lipinski definition) is 4. The van der Waals surface area contributed by atoms with Crippen molar-refractivity contribution in [3.05, 3.63) is 58.9 Å². The molecule has 0 bridgehead atoms. The van der Waals surface area contributed by atoms with E-state index >= 15 is 0 Å². The normalized spacial score (nSPS) is 19.1. The predicted octanol–water partition coefficient (Wildman–Crippen LogP) is 5.46. The maximum atomic E-state index is 14.3. The molecule has 1 unspecified atom stereocenters. The molecule has 2 amide bonds. The fourth-order valence-corrected chi connectivity index (χ4v) is 4.59. The van der Waals surface area contributed by atoms with Crippen molar-refractivity contribution in [3.63, 3.8) is 0 Å². The Hall–Kier alpha value is -2.84. The third-order valence-corrected chi connectivity index (χ3v) is 6.54. The summed E-state index contributed by atoms with van der Waals surface area (Å²) in [5.74, 6) is -1.77. The third-order valence-electron chi connectivity index (χ3n) is 6.31. The van der Waals surface area contributed by atoms with Gasteiger partial charge in [0, 0.05) is 17.3 Å². The molecule has 3 rings (SSSR count). The van der Waals surface area contributed by atoms with Gasteiger partial charge in [0.15, 0.2) is 0 Å². The van der Waals surface area contributed by atoms with Crippen LogP contribution in [-0.2, 0) is 9.53 Å². The van der Waals surface area contributed by atoms with Gasteiger partial charge in [-0.2, -0.15) is 0 Å². The first-order chi connectivity index (χ1) is 16.2. The van der Waals surface area contributed by atoms with E-state index < -0.39 is 23.5 Å². The highest BCUT2D eigenvalue weighted by molar-refractivity contribution is 6.30. The van der Waals surface area contributed by atoms with Crippen LogP contribution in [0, 0.1) is 11.7 Å². The summed E-state index contributed by atoms with van der Waals surface area (Å²) >= 11 is 5.82. The number of ether oxygens (including phenoxy) is 1. The van der Waals surface area contributed by atoms with Gasteiger partial charge in [-0.05, 0) is 48.1 Å². The van der Waals surface area contributed by atoms with Gasteiger partial charge in [0.2, 0.25) is 0 Å². The standard InChI is InChI=1S/C25H31ClFN3O4/c1-4-17(13-23(31)32)19-7-5-6-8-22(19)30-11-12-34-15-25(30,16(2)3)29-24(33)28-21-10-9-18(26)14-20(21)27/h5-10,14,16-17H,4,11-13,15H2,1-3H3,(H,31,32)(H2,28,29,33)/t17?,25-/m0/s1. The van der Waals surface area contributed by atoms with E-state index in [1.54, 1.807) is 0 Å². The number of carboxylic acid groups (broad SMARTS) is 1. The zero-order valence-corrected chi connectivity index (χ0v) is 20.4. The number of urea groups is 1. The SMILES string of the molecule is CCC(CC(=O)O)c1ccccc1N1CCOC[C@@]1(NC(=O)Nc1ccc(Cl)cc1F)C(C)C. The molecule has 0 aromatic heterocycles. The Balaban J connectivity index is 1.97. The van der Waals surface area contributed by atoms with Crippen LogP contribution in [0.2, 0.25) is 5.02 Å². The molecule has 0 saturated carbocycles. The minimum absolute atomic E-state index is 0.0102. The molecular formula is C25H31ClFN3O4. The number of anilines is 2. The number of morpholine rings is 1. The number of benzene rings is 2. The lowest BCUT2D eigenvalue weighted by molar-refractivity contribution is -0.137. The quantitative estimate of drug-likeness (QED) is 0.456. The largest absolute Gasteiger partial charge is 0.481 e. The highest BCUT2D eigenvalue weighted by atomic mass is 35.5. The fraction of sp³-hybridized carbons (Fsp3) is 0.440. The molecule has 1 heterocycles. The second kappa shape index (κ2) is 11.1. The number of halogens is 2. The average Bonchev–Trinajstić information content (AvgIpc) is 2.79. The molecule has 1 saturated heterocycles. The van der Waals surface area contributed by atoms with Crippen molar-refractivity contribution in [1.29, 1.82) is 0 Å². The van der Waals surface area contributed by atoms with E-state index in [1.807, 2.05) is 45.0 Å². The van der Waals surface area contributed by atoms with Crippen molar-refractivity contribution in [2.75, 3.05) is 30.0 Å². The summed E-state index contributed by atoms with van der Waals surface area (Å²) in [6.45, 7) is 7.07. The fourth-order valence-electron chi connectivity index (χ4n) is 4.43. The van der Waals surface area contributed by atoms with E-state index in [4.69, 9.17) is 16.3 Å². The highest BCUT2D eigenvalue weighted by Crippen LogP contribution is 2.38. The number of nitrogens with zero attached hydrogens (tertiary/aromatic N) is 1. The van der Waals surface area contributed by atoms with E-state index in [2.05, 4.69) is 15.5 Å². The van der Waals surface area contributed by atoms with Gasteiger partial charge in [0.25, 0.3) is 0 Å². The first-order valence-corrected chi connectivity index (χ1v) is 11.8. The first kappa shape index (κ1) is 25.8. The molecule has 2 atom stereocenters. The van der Waals surface area contributed by atoms with E-state index in [0.29, 0.717) is 19.6 Å². The summed E-state index contributed by atoms with van der Waals surface area (Å²) in [6, 6.07) is 11.1. The molecule has 1 aliphatic heterocycles. The van der Waals surface area contributed by atoms with Crippen LogP contribution in [-0.4, -0.2) is 42.5 Å². The lowest BCUT2D eigenvalue weighted by Crippen LogP contribution is -2.70. The van der Waals surface area contributed by atoms with Crippen molar-refractivity contribution >= 4 is 35.0 Å². The van der Waals surface area contributed by atoms with Crippen molar-refractivity contribution in [2.45, 2.75) is 45.2 Å². The topological polar surface area (TPSA) is 90.9 Å². The van der Waals surface area contributed by atoms with Gasteiger partial charge in [0.1, 0.15) is 11.5 Å². The van der Waals surface area contributed by atoms with Gasteiger partial charge in [-0.1, -0.05) is 50.6 Å². The average molecular weight is 492 g/mol. The van der Waals surface area contributed by atoms with Gasteiger partial charge >= 0.3 is 12.0 Å². The first-order valence-electron chi connectivity index (χ1n) is 11.4. The van der Waals surface area contributed by atoms with Crippen molar-refractivity contribution in [2.24, 2.45) is 5.92 Å². The molecule has 0 spiro atoms. The zero-order valence-electron chi connectivity index (χ0n) is 19.6. The summed E-state index contributed by atoms with van der Waals surface area (Å²) in [5.41, 5.74) is 0.830. The molecule has 2 aromatic carbocycles. The predicted molar refractivity (Wildman–Crippen MR) is 131 cm³/mol. The van der Waals surface area contributed by atoms with Crippen molar-refractivity contribution < 1.29 is 23.8 Å². The summed E-state index contributed by atoms with van der Waals surface area (Å²) in [5, 5.41) is 15.3. The van der Waals surface area contributed by atoms with Crippen molar-refractivity contribution in [1.82, 2.24) is 5.32 Å². The third kappa shape index (κ3) is 5.62. The lowest BCUT2D eigenvalue weighted by Gasteiger charge is -2.51. The molecule has 3 N–H and O–H groups in total. The molecule has 9 heteroatoms. The molecule has 1 fully saturated rings. The molecule has 0 radical (unpaired) electrons. The van der Waals surface area contributed by atoms with Gasteiger partial charge in [0.05, 0.1) is 25.3 Å². The van der Waals surface area contributed by atoms with E-state index in [9.17, 15) is 19.1 Å². The number of rotatable bonds is 8. The number of aliphatic carboxylic acids is 1. The molecule has 0 aliphatic carbocycles. The Bertz CT molecular complexity index is 1030. The minimum atomic E-state index is -0.942. The van der Waals surface area contributed by atoms with Gasteiger partial charge in [-0.25, -0.2) is 9.18 Å². The summed E-state index contributed by atoms with van der Waals surface area (Å²) in [4.78, 5) is 26.6. The molecular weight excluding hydrogens is 461 g/mol.